The minimum absolute atomic E-state index is 0.174. The number of ether oxygens (including phenoxy) is 1. The molecule has 122 valence electrons. The van der Waals surface area contributed by atoms with Crippen LogP contribution in [0.3, 0.4) is 0 Å². The standard InChI is InChI=1S/C19H20N4O/c1-2-9-24-16-4-6-18-14(12-16)10-13-11-15(20)3-5-17(13)23(18)8-7-19(21)22/h1,3-6,11-12H,7-10,20H2,(H3,21,22). The zero-order valence-corrected chi connectivity index (χ0v) is 13.4. The molecule has 0 atom stereocenters. The van der Waals surface area contributed by atoms with Crippen molar-refractivity contribution < 1.29 is 4.74 Å². The van der Waals surface area contributed by atoms with Crippen molar-refractivity contribution in [3.63, 3.8) is 0 Å². The first-order valence-electron chi connectivity index (χ1n) is 7.76. The third kappa shape index (κ3) is 3.13. The van der Waals surface area contributed by atoms with E-state index in [9.17, 15) is 0 Å². The van der Waals surface area contributed by atoms with E-state index in [2.05, 4.69) is 10.8 Å². The van der Waals surface area contributed by atoms with E-state index in [0.29, 0.717) is 13.0 Å². The normalized spacial score (nSPS) is 12.0. The average Bonchev–Trinajstić information content (AvgIpc) is 2.56. The third-order valence-corrected chi connectivity index (χ3v) is 4.04. The predicted molar refractivity (Wildman–Crippen MR) is 98.0 cm³/mol. The number of benzene rings is 2. The van der Waals surface area contributed by atoms with Crippen LogP contribution in [0.2, 0.25) is 0 Å². The van der Waals surface area contributed by atoms with E-state index in [1.54, 1.807) is 0 Å². The summed E-state index contributed by atoms with van der Waals surface area (Å²) in [7, 11) is 0. The number of terminal acetylenes is 1. The predicted octanol–water partition coefficient (Wildman–Crippen LogP) is 2.65. The van der Waals surface area contributed by atoms with Crippen LogP contribution >= 0.6 is 0 Å². The van der Waals surface area contributed by atoms with Gasteiger partial charge in [0.25, 0.3) is 0 Å². The van der Waals surface area contributed by atoms with Gasteiger partial charge < -0.3 is 21.1 Å². The molecule has 0 amide bonds. The number of anilines is 3. The zero-order valence-electron chi connectivity index (χ0n) is 13.4. The lowest BCUT2D eigenvalue weighted by Crippen LogP contribution is -2.27. The Morgan fingerprint density at radius 3 is 2.62 bits per heavy atom. The Labute approximate surface area is 141 Å². The smallest absolute Gasteiger partial charge is 0.148 e. The summed E-state index contributed by atoms with van der Waals surface area (Å²) in [4.78, 5) is 2.18. The lowest BCUT2D eigenvalue weighted by Gasteiger charge is -2.33. The summed E-state index contributed by atoms with van der Waals surface area (Å²) >= 11 is 0. The molecular weight excluding hydrogens is 300 g/mol. The maximum Gasteiger partial charge on any atom is 0.148 e. The van der Waals surface area contributed by atoms with Gasteiger partial charge in [-0.3, -0.25) is 5.41 Å². The Morgan fingerprint density at radius 1 is 1.21 bits per heavy atom. The van der Waals surface area contributed by atoms with Crippen LogP contribution in [0.25, 0.3) is 0 Å². The largest absolute Gasteiger partial charge is 0.481 e. The van der Waals surface area contributed by atoms with Crippen LogP contribution in [-0.4, -0.2) is 19.0 Å². The molecule has 0 unspecified atom stereocenters. The third-order valence-electron chi connectivity index (χ3n) is 4.04. The summed E-state index contributed by atoms with van der Waals surface area (Å²) in [6.45, 7) is 0.889. The Hall–Kier alpha value is -3.13. The molecule has 24 heavy (non-hydrogen) atoms. The minimum atomic E-state index is 0.174. The molecule has 1 aliphatic rings. The second-order valence-corrected chi connectivity index (χ2v) is 5.78. The molecule has 0 spiro atoms. The van der Waals surface area contributed by atoms with Crippen LogP contribution in [-0.2, 0) is 6.42 Å². The Balaban J connectivity index is 2.00. The van der Waals surface area contributed by atoms with Gasteiger partial charge in [-0.05, 0) is 47.5 Å². The summed E-state index contributed by atoms with van der Waals surface area (Å²) in [5.41, 5.74) is 16.7. The van der Waals surface area contributed by atoms with Gasteiger partial charge in [0.15, 0.2) is 0 Å². The van der Waals surface area contributed by atoms with E-state index in [1.807, 2.05) is 36.4 Å². The van der Waals surface area contributed by atoms with Crippen molar-refractivity contribution in [2.24, 2.45) is 5.73 Å². The fraction of sp³-hybridized carbons (Fsp3) is 0.211. The van der Waals surface area contributed by atoms with Gasteiger partial charge in [0.1, 0.15) is 12.4 Å². The van der Waals surface area contributed by atoms with E-state index in [-0.39, 0.29) is 12.4 Å². The number of hydrogen-bond acceptors (Lipinski definition) is 4. The van der Waals surface area contributed by atoms with Gasteiger partial charge in [0.05, 0.1) is 5.84 Å². The van der Waals surface area contributed by atoms with Crippen molar-refractivity contribution in [3.05, 3.63) is 47.5 Å². The van der Waals surface area contributed by atoms with Gasteiger partial charge in [-0.2, -0.15) is 0 Å². The maximum absolute atomic E-state index is 7.52. The number of fused-ring (bicyclic) bond motifs is 2. The fourth-order valence-corrected chi connectivity index (χ4v) is 3.00. The second-order valence-electron chi connectivity index (χ2n) is 5.78. The minimum Gasteiger partial charge on any atom is -0.481 e. The molecule has 5 N–H and O–H groups in total. The Bertz CT molecular complexity index is 823. The number of nitrogen functional groups attached to an aromatic ring is 1. The van der Waals surface area contributed by atoms with E-state index < -0.39 is 0 Å². The summed E-state index contributed by atoms with van der Waals surface area (Å²) in [6.07, 6.45) is 6.53. The van der Waals surface area contributed by atoms with Gasteiger partial charge in [-0.1, -0.05) is 5.92 Å². The van der Waals surface area contributed by atoms with Crippen molar-refractivity contribution in [2.45, 2.75) is 12.8 Å². The highest BCUT2D eigenvalue weighted by Crippen LogP contribution is 2.40. The number of nitrogens with one attached hydrogen (secondary N) is 1. The molecule has 2 aromatic carbocycles. The summed E-state index contributed by atoms with van der Waals surface area (Å²) in [5.74, 6) is 3.40. The van der Waals surface area contributed by atoms with Crippen LogP contribution in [0.5, 0.6) is 5.75 Å². The molecule has 2 aromatic rings. The molecule has 0 fully saturated rings. The lowest BCUT2D eigenvalue weighted by molar-refractivity contribution is 0.370. The number of amidine groups is 1. The molecule has 0 saturated carbocycles. The van der Waals surface area contributed by atoms with Gasteiger partial charge in [-0.25, -0.2) is 0 Å². The maximum atomic E-state index is 7.52. The zero-order chi connectivity index (χ0) is 17.1. The molecule has 5 heteroatoms. The first kappa shape index (κ1) is 15.8. The molecule has 3 rings (SSSR count). The monoisotopic (exact) mass is 320 g/mol. The van der Waals surface area contributed by atoms with Crippen LogP contribution in [0.15, 0.2) is 36.4 Å². The van der Waals surface area contributed by atoms with Gasteiger partial charge in [-0.15, -0.1) is 6.42 Å². The van der Waals surface area contributed by atoms with E-state index in [1.165, 1.54) is 0 Å². The highest BCUT2D eigenvalue weighted by molar-refractivity contribution is 5.80. The Morgan fingerprint density at radius 2 is 1.92 bits per heavy atom. The number of nitrogens with two attached hydrogens (primary N) is 2. The topological polar surface area (TPSA) is 88.4 Å². The highest BCUT2D eigenvalue weighted by atomic mass is 16.5. The average molecular weight is 320 g/mol. The van der Waals surface area contributed by atoms with E-state index >= 15 is 0 Å². The van der Waals surface area contributed by atoms with Crippen LogP contribution < -0.4 is 21.1 Å². The van der Waals surface area contributed by atoms with Crippen molar-refractivity contribution in [1.29, 1.82) is 5.41 Å². The Kier molecular flexibility index (Phi) is 4.30. The highest BCUT2D eigenvalue weighted by Gasteiger charge is 2.23. The van der Waals surface area contributed by atoms with Crippen molar-refractivity contribution in [3.8, 4) is 18.1 Å². The molecule has 0 aromatic heterocycles. The molecule has 5 nitrogen and oxygen atoms in total. The molecule has 0 saturated heterocycles. The second kappa shape index (κ2) is 6.55. The van der Waals surface area contributed by atoms with E-state index in [4.69, 9.17) is 28.0 Å². The van der Waals surface area contributed by atoms with Crippen molar-refractivity contribution >= 4 is 22.9 Å². The molecule has 1 heterocycles. The lowest BCUT2D eigenvalue weighted by atomic mass is 9.94. The number of hydrogen-bond donors (Lipinski definition) is 3. The first-order valence-corrected chi connectivity index (χ1v) is 7.76. The SMILES string of the molecule is C#CCOc1ccc2c(c1)Cc1cc(N)ccc1N2CCC(=N)N. The van der Waals surface area contributed by atoms with E-state index in [0.717, 1.165) is 40.4 Å². The quantitative estimate of drug-likeness (QED) is 0.342. The van der Waals surface area contributed by atoms with Gasteiger partial charge in [0.2, 0.25) is 0 Å². The summed E-state index contributed by atoms with van der Waals surface area (Å²) in [5, 5.41) is 7.52. The van der Waals surface area contributed by atoms with Crippen LogP contribution in [0.4, 0.5) is 17.1 Å². The van der Waals surface area contributed by atoms with Crippen molar-refractivity contribution in [1.82, 2.24) is 0 Å². The number of rotatable bonds is 5. The van der Waals surface area contributed by atoms with Crippen LogP contribution in [0, 0.1) is 17.8 Å². The molecule has 1 aliphatic heterocycles. The first-order chi connectivity index (χ1) is 11.6. The van der Waals surface area contributed by atoms with Crippen molar-refractivity contribution in [2.75, 3.05) is 23.8 Å². The van der Waals surface area contributed by atoms with Crippen LogP contribution in [0.1, 0.15) is 17.5 Å². The molecule has 0 radical (unpaired) electrons. The van der Waals surface area contributed by atoms with Gasteiger partial charge in [0, 0.05) is 36.4 Å². The van der Waals surface area contributed by atoms with Gasteiger partial charge >= 0.3 is 0 Å². The fourth-order valence-electron chi connectivity index (χ4n) is 3.00. The summed E-state index contributed by atoms with van der Waals surface area (Å²) < 4.78 is 5.53. The molecule has 0 aliphatic carbocycles. The summed E-state index contributed by atoms with van der Waals surface area (Å²) in [6, 6.07) is 11.9. The molecular formula is C19H20N4O. The molecule has 0 bridgehead atoms. The number of nitrogens with zero attached hydrogens (tertiary/aromatic N) is 1.